The van der Waals surface area contributed by atoms with E-state index in [4.69, 9.17) is 4.52 Å². The van der Waals surface area contributed by atoms with Crippen LogP contribution < -0.4 is 5.32 Å². The van der Waals surface area contributed by atoms with Gasteiger partial charge in [-0.15, -0.1) is 0 Å². The Hall–Kier alpha value is -3.52. The first-order valence-corrected chi connectivity index (χ1v) is 12.9. The van der Waals surface area contributed by atoms with Gasteiger partial charge in [-0.3, -0.25) is 0 Å². The van der Waals surface area contributed by atoms with Gasteiger partial charge in [0.2, 0.25) is 5.82 Å². The summed E-state index contributed by atoms with van der Waals surface area (Å²) in [7, 11) is 0. The summed E-state index contributed by atoms with van der Waals surface area (Å²) >= 11 is 0. The van der Waals surface area contributed by atoms with Crippen LogP contribution in [0.4, 0.5) is 17.6 Å². The van der Waals surface area contributed by atoms with Gasteiger partial charge < -0.3 is 9.84 Å². The van der Waals surface area contributed by atoms with Gasteiger partial charge in [0.05, 0.1) is 11.1 Å². The highest BCUT2D eigenvalue weighted by molar-refractivity contribution is 5.75. The minimum atomic E-state index is -4.55. The van der Waals surface area contributed by atoms with Crippen molar-refractivity contribution < 1.29 is 22.1 Å². The van der Waals surface area contributed by atoms with Crippen LogP contribution in [-0.4, -0.2) is 16.2 Å². The van der Waals surface area contributed by atoms with Gasteiger partial charge in [-0.2, -0.15) is 18.2 Å². The number of alkyl halides is 3. The molecule has 0 spiro atoms. The maximum atomic E-state index is 15.2. The number of rotatable bonds is 5. The number of benzene rings is 3. The number of fused-ring (bicyclic) bond motifs is 1. The lowest BCUT2D eigenvalue weighted by molar-refractivity contribution is -0.137. The number of hydrogen-bond acceptors (Lipinski definition) is 4. The molecule has 38 heavy (non-hydrogen) atoms. The zero-order chi connectivity index (χ0) is 26.6. The molecular weight excluding hydrogens is 494 g/mol. The summed E-state index contributed by atoms with van der Waals surface area (Å²) in [6.07, 6.45) is -0.0952. The molecular formula is C30H27F4N3O. The van der Waals surface area contributed by atoms with Crippen molar-refractivity contribution >= 4 is 0 Å². The Bertz CT molecular complexity index is 1500. The Morgan fingerprint density at radius 2 is 1.76 bits per heavy atom. The van der Waals surface area contributed by atoms with Crippen molar-refractivity contribution in [2.75, 3.05) is 0 Å². The van der Waals surface area contributed by atoms with Crippen LogP contribution in [0.5, 0.6) is 0 Å². The Balaban J connectivity index is 1.26. The van der Waals surface area contributed by atoms with Crippen molar-refractivity contribution in [1.82, 2.24) is 15.5 Å². The number of halogens is 4. The van der Waals surface area contributed by atoms with Gasteiger partial charge in [0.1, 0.15) is 5.82 Å². The first-order chi connectivity index (χ1) is 18.2. The highest BCUT2D eigenvalue weighted by atomic mass is 19.4. The number of nitrogens with zero attached hydrogens (tertiary/aromatic N) is 2. The highest BCUT2D eigenvalue weighted by Crippen LogP contribution is 2.40. The molecule has 0 bridgehead atoms. The monoisotopic (exact) mass is 521 g/mol. The molecule has 3 aromatic carbocycles. The molecule has 1 saturated carbocycles. The molecule has 1 unspecified atom stereocenters. The summed E-state index contributed by atoms with van der Waals surface area (Å²) in [5.41, 5.74) is 3.12. The van der Waals surface area contributed by atoms with E-state index >= 15 is 4.39 Å². The molecule has 2 aliphatic rings. The number of aryl methyl sites for hydroxylation is 2. The van der Waals surface area contributed by atoms with Crippen molar-refractivity contribution in [2.45, 2.75) is 57.8 Å². The molecule has 4 nitrogen and oxygen atoms in total. The molecule has 0 saturated heterocycles. The lowest BCUT2D eigenvalue weighted by Gasteiger charge is -2.36. The number of aromatic nitrogens is 2. The first kappa shape index (κ1) is 24.8. The zero-order valence-corrected chi connectivity index (χ0v) is 21.1. The van der Waals surface area contributed by atoms with Gasteiger partial charge in [0.25, 0.3) is 5.89 Å². The van der Waals surface area contributed by atoms with Gasteiger partial charge in [-0.1, -0.05) is 42.4 Å². The van der Waals surface area contributed by atoms with E-state index in [0.29, 0.717) is 23.5 Å². The minimum Gasteiger partial charge on any atom is -0.334 e. The van der Waals surface area contributed by atoms with E-state index in [-0.39, 0.29) is 22.6 Å². The van der Waals surface area contributed by atoms with E-state index in [2.05, 4.69) is 34.5 Å². The van der Waals surface area contributed by atoms with Crippen molar-refractivity contribution in [3.8, 4) is 34.0 Å². The van der Waals surface area contributed by atoms with Gasteiger partial charge in [-0.05, 0) is 90.6 Å². The van der Waals surface area contributed by atoms with E-state index in [1.165, 1.54) is 48.2 Å². The van der Waals surface area contributed by atoms with E-state index in [0.717, 1.165) is 36.5 Å². The summed E-state index contributed by atoms with van der Waals surface area (Å²) in [6, 6.07) is 14.8. The predicted molar refractivity (Wildman–Crippen MR) is 137 cm³/mol. The summed E-state index contributed by atoms with van der Waals surface area (Å²) in [4.78, 5) is 4.42. The molecule has 1 aromatic heterocycles. The Morgan fingerprint density at radius 1 is 0.974 bits per heavy atom. The second-order valence-electron chi connectivity index (χ2n) is 10.6. The van der Waals surface area contributed by atoms with Gasteiger partial charge in [-0.25, -0.2) is 4.39 Å². The summed E-state index contributed by atoms with van der Waals surface area (Å²) < 4.78 is 61.2. The van der Waals surface area contributed by atoms with Crippen molar-refractivity contribution in [1.29, 1.82) is 0 Å². The van der Waals surface area contributed by atoms with E-state index < -0.39 is 17.6 Å². The van der Waals surface area contributed by atoms with Gasteiger partial charge in [0, 0.05) is 17.6 Å². The lowest BCUT2D eigenvalue weighted by Crippen LogP contribution is -2.41. The second kappa shape index (κ2) is 9.34. The maximum Gasteiger partial charge on any atom is 0.417 e. The molecule has 1 N–H and O–H groups in total. The predicted octanol–water partition coefficient (Wildman–Crippen LogP) is 7.91. The third-order valence-electron chi connectivity index (χ3n) is 7.78. The lowest BCUT2D eigenvalue weighted by atomic mass is 9.81. The van der Waals surface area contributed by atoms with E-state index in [1.807, 2.05) is 6.07 Å². The Labute approximate surface area is 218 Å². The molecule has 196 valence electrons. The average Bonchev–Trinajstić information content (AvgIpc) is 3.51. The zero-order valence-electron chi connectivity index (χ0n) is 21.1. The third kappa shape index (κ3) is 4.51. The summed E-state index contributed by atoms with van der Waals surface area (Å²) in [6.45, 7) is 3.92. The van der Waals surface area contributed by atoms with Crippen LogP contribution in [0.1, 0.15) is 54.5 Å². The fraction of sp³-hybridized carbons (Fsp3) is 0.333. The van der Waals surface area contributed by atoms with Gasteiger partial charge >= 0.3 is 6.18 Å². The Morgan fingerprint density at radius 3 is 2.53 bits per heavy atom. The molecule has 1 fully saturated rings. The quantitative estimate of drug-likeness (QED) is 0.271. The molecule has 1 atom stereocenters. The third-order valence-corrected chi connectivity index (χ3v) is 7.78. The number of nitrogens with one attached hydrogen (secondary N) is 1. The van der Waals surface area contributed by atoms with E-state index in [9.17, 15) is 13.2 Å². The fourth-order valence-electron chi connectivity index (χ4n) is 5.80. The van der Waals surface area contributed by atoms with Crippen molar-refractivity contribution in [3.05, 3.63) is 82.7 Å². The van der Waals surface area contributed by atoms with E-state index in [1.54, 1.807) is 6.92 Å². The molecule has 1 heterocycles. The highest BCUT2D eigenvalue weighted by Gasteiger charge is 2.34. The molecule has 8 heteroatoms. The summed E-state index contributed by atoms with van der Waals surface area (Å²) in [5, 5.41) is 7.84. The largest absolute Gasteiger partial charge is 0.417 e. The van der Waals surface area contributed by atoms with Crippen LogP contribution in [0.3, 0.4) is 0 Å². The fourth-order valence-corrected chi connectivity index (χ4v) is 5.80. The second-order valence-corrected chi connectivity index (χ2v) is 10.6. The minimum absolute atomic E-state index is 0.0181. The number of hydrogen-bond donors (Lipinski definition) is 1. The maximum absolute atomic E-state index is 15.2. The van der Waals surface area contributed by atoms with Crippen LogP contribution in [0.2, 0.25) is 0 Å². The van der Waals surface area contributed by atoms with Crippen LogP contribution >= 0.6 is 0 Å². The molecule has 0 aliphatic heterocycles. The SMILES string of the molecule is Cc1cc(-c2nc(-c3ccc4c(c3)CCC4NC3CC(C)C3)no2)c(F)cc1-c1ccccc1C(F)(F)F. The van der Waals surface area contributed by atoms with Crippen molar-refractivity contribution in [2.24, 2.45) is 5.92 Å². The van der Waals surface area contributed by atoms with Crippen molar-refractivity contribution in [3.63, 3.8) is 0 Å². The molecule has 2 aliphatic carbocycles. The molecule has 0 amide bonds. The standard InChI is InChI=1S/C30H27F4N3O/c1-16-11-20(12-16)35-27-10-8-18-14-19(7-9-21(18)27)28-36-29(38-37-28)24-13-17(2)23(15-26(24)31)22-5-3-4-6-25(22)30(32,33)34/h3-7,9,13-16,20,27,35H,8,10-12H2,1-2H3. The summed E-state index contributed by atoms with van der Waals surface area (Å²) in [5.74, 6) is 0.389. The first-order valence-electron chi connectivity index (χ1n) is 12.9. The van der Waals surface area contributed by atoms with Crippen LogP contribution in [0, 0.1) is 18.7 Å². The molecule has 0 radical (unpaired) electrons. The molecule has 4 aromatic rings. The van der Waals surface area contributed by atoms with Gasteiger partial charge in [0.15, 0.2) is 0 Å². The normalized spacial score (nSPS) is 20.8. The topological polar surface area (TPSA) is 51.0 Å². The van der Waals surface area contributed by atoms with Crippen LogP contribution in [0.15, 0.2) is 59.1 Å². The van der Waals surface area contributed by atoms with Crippen LogP contribution in [0.25, 0.3) is 34.0 Å². The smallest absolute Gasteiger partial charge is 0.334 e. The molecule has 6 rings (SSSR count). The average molecular weight is 522 g/mol. The Kier molecular flexibility index (Phi) is 6.10. The van der Waals surface area contributed by atoms with Crippen LogP contribution in [-0.2, 0) is 12.6 Å².